The van der Waals surface area contributed by atoms with Gasteiger partial charge in [0.2, 0.25) is 8.32 Å². The maximum Gasteiger partial charge on any atom is 0.229 e. The van der Waals surface area contributed by atoms with Crippen molar-refractivity contribution in [2.45, 2.75) is 45.7 Å². The Balaban J connectivity index is 3.12. The van der Waals surface area contributed by atoms with Gasteiger partial charge in [-0.2, -0.15) is 0 Å². The Morgan fingerprint density at radius 1 is 1.36 bits per heavy atom. The van der Waals surface area contributed by atoms with Crippen molar-refractivity contribution in [3.8, 4) is 0 Å². The highest BCUT2D eigenvalue weighted by molar-refractivity contribution is 6.84. The van der Waals surface area contributed by atoms with Gasteiger partial charge in [0, 0.05) is 0 Å². The summed E-state index contributed by atoms with van der Waals surface area (Å²) >= 11 is 0. The maximum atomic E-state index is 6.12. The van der Waals surface area contributed by atoms with Crippen molar-refractivity contribution in [3.63, 3.8) is 0 Å². The van der Waals surface area contributed by atoms with Gasteiger partial charge in [-0.25, -0.2) is 0 Å². The van der Waals surface area contributed by atoms with Crippen molar-refractivity contribution in [3.05, 3.63) is 23.4 Å². The van der Waals surface area contributed by atoms with Gasteiger partial charge in [-0.15, -0.1) is 0 Å². The minimum absolute atomic E-state index is 0.632. The van der Waals surface area contributed by atoms with Crippen molar-refractivity contribution >= 4 is 8.32 Å². The first-order chi connectivity index (χ1) is 6.43. The Hall–Kier alpha value is -0.343. The van der Waals surface area contributed by atoms with Crippen LogP contribution >= 0.6 is 0 Å². The van der Waals surface area contributed by atoms with E-state index >= 15 is 0 Å². The summed E-state index contributed by atoms with van der Waals surface area (Å²) in [6.07, 6.45) is 2.24. The first kappa shape index (κ1) is 11.7. The highest BCUT2D eigenvalue weighted by Gasteiger charge is 2.48. The molecule has 0 aromatic heterocycles. The minimum Gasteiger partial charge on any atom is -0.408 e. The van der Waals surface area contributed by atoms with Crippen LogP contribution in [0.15, 0.2) is 23.4 Å². The van der Waals surface area contributed by atoms with Crippen LogP contribution in [0.25, 0.3) is 0 Å². The van der Waals surface area contributed by atoms with E-state index in [0.717, 1.165) is 6.61 Å². The van der Waals surface area contributed by atoms with Gasteiger partial charge in [0.05, 0.1) is 6.61 Å². The van der Waals surface area contributed by atoms with E-state index in [9.17, 15) is 0 Å². The largest absolute Gasteiger partial charge is 0.408 e. The average molecular weight is 210 g/mol. The molecule has 0 amide bonds. The number of hydrogen-bond acceptors (Lipinski definition) is 1. The Kier molecular flexibility index (Phi) is 3.38. The molecule has 0 aliphatic carbocycles. The molecule has 0 N–H and O–H groups in total. The summed E-state index contributed by atoms with van der Waals surface area (Å²) in [4.78, 5) is 0. The smallest absolute Gasteiger partial charge is 0.229 e. The zero-order valence-electron chi connectivity index (χ0n) is 10.1. The average Bonchev–Trinajstić information content (AvgIpc) is 2.47. The van der Waals surface area contributed by atoms with Gasteiger partial charge in [-0.3, -0.25) is 0 Å². The van der Waals surface area contributed by atoms with Crippen molar-refractivity contribution in [1.29, 1.82) is 0 Å². The van der Waals surface area contributed by atoms with Crippen molar-refractivity contribution < 1.29 is 4.43 Å². The van der Waals surface area contributed by atoms with E-state index in [1.165, 1.54) is 10.8 Å². The van der Waals surface area contributed by atoms with E-state index in [-0.39, 0.29) is 0 Å². The summed E-state index contributed by atoms with van der Waals surface area (Å²) in [5.41, 5.74) is 2.47. The van der Waals surface area contributed by atoms with Crippen LogP contribution in [0, 0.1) is 0 Å². The molecule has 1 rings (SSSR count). The van der Waals surface area contributed by atoms with Crippen LogP contribution in [0.2, 0.25) is 11.1 Å². The molecule has 2 heteroatoms. The number of hydrogen-bond donors (Lipinski definition) is 0. The summed E-state index contributed by atoms with van der Waals surface area (Å²) in [5, 5.41) is 1.45. The zero-order chi connectivity index (χ0) is 10.9. The number of allylic oxidation sites excluding steroid dienone is 2. The second-order valence-corrected chi connectivity index (χ2v) is 9.53. The molecule has 0 spiro atoms. The molecular formula is C12H22OSi. The van der Waals surface area contributed by atoms with E-state index in [1.54, 1.807) is 0 Å². The lowest BCUT2D eigenvalue weighted by atomic mass is 10.3. The lowest BCUT2D eigenvalue weighted by molar-refractivity contribution is 0.348. The number of rotatable bonds is 3. The summed E-state index contributed by atoms with van der Waals surface area (Å²) in [7, 11) is -1.72. The second kappa shape index (κ2) is 4.03. The van der Waals surface area contributed by atoms with E-state index < -0.39 is 8.32 Å². The Bertz CT molecular complexity index is 255. The van der Waals surface area contributed by atoms with Crippen LogP contribution in [0.1, 0.15) is 34.6 Å². The quantitative estimate of drug-likeness (QED) is 0.643. The van der Waals surface area contributed by atoms with Gasteiger partial charge in [0.25, 0.3) is 0 Å². The van der Waals surface area contributed by atoms with Crippen LogP contribution in [-0.4, -0.2) is 14.9 Å². The zero-order valence-corrected chi connectivity index (χ0v) is 11.1. The van der Waals surface area contributed by atoms with E-state index in [2.05, 4.69) is 47.3 Å². The topological polar surface area (TPSA) is 9.23 Å². The molecule has 0 saturated carbocycles. The summed E-state index contributed by atoms with van der Waals surface area (Å²) in [6, 6.07) is 0. The molecular weight excluding hydrogens is 188 g/mol. The summed E-state index contributed by atoms with van der Waals surface area (Å²) in [6.45, 7) is 16.1. The van der Waals surface area contributed by atoms with Gasteiger partial charge < -0.3 is 4.43 Å². The molecule has 1 aliphatic rings. The van der Waals surface area contributed by atoms with Gasteiger partial charge in [0.15, 0.2) is 0 Å². The van der Waals surface area contributed by atoms with Gasteiger partial charge in [-0.1, -0.05) is 45.9 Å². The summed E-state index contributed by atoms with van der Waals surface area (Å²) in [5.74, 6) is 0. The van der Waals surface area contributed by atoms with Crippen LogP contribution in [0.5, 0.6) is 0 Å². The van der Waals surface area contributed by atoms with Gasteiger partial charge >= 0.3 is 0 Å². The molecule has 1 heterocycles. The molecule has 0 fully saturated rings. The Morgan fingerprint density at radius 2 is 1.86 bits per heavy atom. The van der Waals surface area contributed by atoms with Crippen LogP contribution < -0.4 is 0 Å². The van der Waals surface area contributed by atoms with Crippen LogP contribution in [-0.2, 0) is 4.43 Å². The van der Waals surface area contributed by atoms with E-state index in [1.807, 2.05) is 0 Å². The monoisotopic (exact) mass is 210 g/mol. The SMILES string of the molecule is C=C(C)C1=CCO[Si]1(C(C)C)C(C)C. The molecule has 0 unspecified atom stereocenters. The second-order valence-electron chi connectivity index (χ2n) is 4.81. The predicted octanol–water partition coefficient (Wildman–Crippen LogP) is 3.82. The van der Waals surface area contributed by atoms with Crippen molar-refractivity contribution in [1.82, 2.24) is 0 Å². The molecule has 0 radical (unpaired) electrons. The summed E-state index contributed by atoms with van der Waals surface area (Å²) < 4.78 is 6.12. The first-order valence-corrected chi connectivity index (χ1v) is 7.49. The fraction of sp³-hybridized carbons (Fsp3) is 0.667. The minimum atomic E-state index is -1.72. The Morgan fingerprint density at radius 3 is 2.14 bits per heavy atom. The molecule has 0 saturated heterocycles. The molecule has 80 valence electrons. The van der Waals surface area contributed by atoms with Crippen LogP contribution in [0.3, 0.4) is 0 Å². The van der Waals surface area contributed by atoms with Gasteiger partial charge in [-0.05, 0) is 23.2 Å². The molecule has 0 aromatic rings. The van der Waals surface area contributed by atoms with Crippen LogP contribution in [0.4, 0.5) is 0 Å². The van der Waals surface area contributed by atoms with E-state index in [0.29, 0.717) is 11.1 Å². The molecule has 1 nitrogen and oxygen atoms in total. The third kappa shape index (κ3) is 1.61. The molecule has 0 aromatic carbocycles. The van der Waals surface area contributed by atoms with Crippen molar-refractivity contribution in [2.24, 2.45) is 0 Å². The highest BCUT2D eigenvalue weighted by Crippen LogP contribution is 2.44. The third-order valence-corrected chi connectivity index (χ3v) is 8.75. The lowest BCUT2D eigenvalue weighted by Crippen LogP contribution is -2.44. The highest BCUT2D eigenvalue weighted by atomic mass is 28.4. The first-order valence-electron chi connectivity index (χ1n) is 5.43. The maximum absolute atomic E-state index is 6.12. The molecule has 14 heavy (non-hydrogen) atoms. The normalized spacial score (nSPS) is 20.4. The van der Waals surface area contributed by atoms with Gasteiger partial charge in [0.1, 0.15) is 0 Å². The molecule has 0 bridgehead atoms. The third-order valence-electron chi connectivity index (χ3n) is 3.21. The standard InChI is InChI=1S/C12H22OSi/c1-9(2)12-7-8-13-14(12,10(3)4)11(5)6/h7,10-11H,1,8H2,2-6H3. The fourth-order valence-corrected chi connectivity index (χ4v) is 7.46. The lowest BCUT2D eigenvalue weighted by Gasteiger charge is -2.36. The van der Waals surface area contributed by atoms with E-state index in [4.69, 9.17) is 4.43 Å². The fourth-order valence-electron chi connectivity index (χ4n) is 2.63. The molecule has 1 aliphatic heterocycles. The predicted molar refractivity (Wildman–Crippen MR) is 64.8 cm³/mol. The van der Waals surface area contributed by atoms with Crippen molar-refractivity contribution in [2.75, 3.05) is 6.61 Å². The molecule has 0 atom stereocenters. The Labute approximate surface area is 89.0 Å².